The number of benzene rings is 3. The highest BCUT2D eigenvalue weighted by Crippen LogP contribution is 2.42. The van der Waals surface area contributed by atoms with Gasteiger partial charge in [0.05, 0.1) is 38.1 Å². The highest BCUT2D eigenvalue weighted by molar-refractivity contribution is 5.98. The normalized spacial score (nSPS) is 17.6. The molecule has 0 aliphatic carbocycles. The van der Waals surface area contributed by atoms with E-state index in [1.54, 1.807) is 18.4 Å². The lowest BCUT2D eigenvalue weighted by Gasteiger charge is -2.36. The zero-order valence-electron chi connectivity index (χ0n) is 33.1. The Morgan fingerprint density at radius 2 is 1.63 bits per heavy atom. The molecule has 2 fully saturated rings. The fourth-order valence-electron chi connectivity index (χ4n) is 8.26. The summed E-state index contributed by atoms with van der Waals surface area (Å²) in [7, 11) is 2.96. The van der Waals surface area contributed by atoms with Crippen LogP contribution in [0.25, 0.3) is 11.0 Å². The minimum absolute atomic E-state index is 0.0861. The molecule has 0 N–H and O–H groups in total. The van der Waals surface area contributed by atoms with E-state index in [0.29, 0.717) is 50.7 Å². The molecule has 3 aromatic carbocycles. The van der Waals surface area contributed by atoms with Crippen molar-refractivity contribution in [1.29, 1.82) is 0 Å². The van der Waals surface area contributed by atoms with Crippen molar-refractivity contribution < 1.29 is 37.7 Å². The summed E-state index contributed by atoms with van der Waals surface area (Å²) in [5.41, 5.74) is 3.12. The second-order valence-electron chi connectivity index (χ2n) is 15.0. The minimum Gasteiger partial charge on any atom is -0.493 e. The van der Waals surface area contributed by atoms with E-state index in [-0.39, 0.29) is 46.7 Å². The molecule has 57 heavy (non-hydrogen) atoms. The number of carbonyl (C=O) groups is 3. The predicted octanol–water partition coefficient (Wildman–Crippen LogP) is 7.34. The summed E-state index contributed by atoms with van der Waals surface area (Å²) in [4.78, 5) is 49.7. The van der Waals surface area contributed by atoms with Crippen LogP contribution in [-0.2, 0) is 28.1 Å². The van der Waals surface area contributed by atoms with Crippen molar-refractivity contribution in [2.75, 3.05) is 53.6 Å². The molecule has 2 aromatic heterocycles. The minimum atomic E-state index is -0.392. The number of piperidine rings is 1. The van der Waals surface area contributed by atoms with E-state index in [1.165, 1.54) is 19.8 Å². The van der Waals surface area contributed by atoms with Crippen molar-refractivity contribution in [3.05, 3.63) is 108 Å². The number of fused-ring (bicyclic) bond motifs is 1. The number of likely N-dealkylation sites (tertiary alicyclic amines) is 2. The molecule has 0 radical (unpaired) electrons. The second-order valence-corrected chi connectivity index (χ2v) is 15.0. The van der Waals surface area contributed by atoms with Crippen LogP contribution in [0.2, 0.25) is 0 Å². The number of amides is 1. The number of hydrogen-bond acceptors (Lipinski definition) is 10. The molecule has 7 rings (SSSR count). The van der Waals surface area contributed by atoms with Crippen LogP contribution < -0.4 is 14.2 Å². The van der Waals surface area contributed by atoms with Crippen LogP contribution in [0.15, 0.2) is 89.5 Å². The van der Waals surface area contributed by atoms with Gasteiger partial charge in [0, 0.05) is 43.0 Å². The molecule has 2 saturated heterocycles. The molecule has 1 atom stereocenters. The SMILES string of the molecule is CCCC(=O)Oc1c(OC)cc(C(=O)N2CCC(CCN3CCC(C(=O)c4nc5ccccc5n4CCOCc4ccco4)CC3)(c3ccccc3)C2)cc1OC. The smallest absolute Gasteiger partial charge is 0.311 e. The number of ketones is 1. The lowest BCUT2D eigenvalue weighted by molar-refractivity contribution is -0.134. The Labute approximate surface area is 333 Å². The fourth-order valence-corrected chi connectivity index (χ4v) is 8.26. The van der Waals surface area contributed by atoms with Crippen LogP contribution in [-0.4, -0.2) is 90.6 Å². The quantitative estimate of drug-likeness (QED) is 0.0410. The molecule has 4 heterocycles. The first-order chi connectivity index (χ1) is 27.8. The van der Waals surface area contributed by atoms with Crippen molar-refractivity contribution >= 4 is 28.7 Å². The zero-order chi connectivity index (χ0) is 39.8. The maximum atomic E-state index is 14.1. The first-order valence-corrected chi connectivity index (χ1v) is 20.0. The van der Waals surface area contributed by atoms with Crippen LogP contribution in [0.1, 0.15) is 77.7 Å². The van der Waals surface area contributed by atoms with Gasteiger partial charge in [-0.1, -0.05) is 49.4 Å². The molecule has 0 bridgehead atoms. The number of imidazole rings is 1. The molecule has 12 nitrogen and oxygen atoms in total. The number of para-hydroxylation sites is 2. The molecule has 2 aliphatic heterocycles. The number of carbonyl (C=O) groups excluding carboxylic acids is 3. The van der Waals surface area contributed by atoms with E-state index in [9.17, 15) is 14.4 Å². The predicted molar refractivity (Wildman–Crippen MR) is 215 cm³/mol. The Hall–Kier alpha value is -5.46. The van der Waals surface area contributed by atoms with Gasteiger partial charge in [0.1, 0.15) is 12.4 Å². The highest BCUT2D eigenvalue weighted by Gasteiger charge is 2.42. The van der Waals surface area contributed by atoms with Crippen LogP contribution in [0.4, 0.5) is 0 Å². The van der Waals surface area contributed by atoms with Gasteiger partial charge in [-0.2, -0.15) is 0 Å². The Kier molecular flexibility index (Phi) is 12.7. The van der Waals surface area contributed by atoms with Crippen LogP contribution >= 0.6 is 0 Å². The van der Waals surface area contributed by atoms with Gasteiger partial charge in [0.2, 0.25) is 11.5 Å². The average Bonchev–Trinajstić information content (AvgIpc) is 4.02. The molecule has 2 aliphatic rings. The summed E-state index contributed by atoms with van der Waals surface area (Å²) in [5.74, 6) is 1.42. The van der Waals surface area contributed by atoms with E-state index in [1.807, 2.05) is 58.9 Å². The van der Waals surface area contributed by atoms with Crippen LogP contribution in [0.5, 0.6) is 17.2 Å². The molecular formula is C45H52N4O8. The van der Waals surface area contributed by atoms with Crippen molar-refractivity contribution in [2.24, 2.45) is 5.92 Å². The number of ether oxygens (including phenoxy) is 4. The third-order valence-electron chi connectivity index (χ3n) is 11.4. The third-order valence-corrected chi connectivity index (χ3v) is 11.4. The van der Waals surface area contributed by atoms with E-state index in [4.69, 9.17) is 28.3 Å². The van der Waals surface area contributed by atoms with Gasteiger partial charge in [-0.3, -0.25) is 14.4 Å². The lowest BCUT2D eigenvalue weighted by atomic mass is 9.76. The summed E-state index contributed by atoms with van der Waals surface area (Å²) in [6.45, 7) is 6.84. The molecule has 1 unspecified atom stereocenters. The van der Waals surface area contributed by atoms with Gasteiger partial charge in [-0.05, 0) is 93.7 Å². The van der Waals surface area contributed by atoms with E-state index >= 15 is 0 Å². The van der Waals surface area contributed by atoms with Gasteiger partial charge < -0.3 is 37.7 Å². The Morgan fingerprint density at radius 1 is 0.895 bits per heavy atom. The van der Waals surface area contributed by atoms with Gasteiger partial charge in [0.15, 0.2) is 17.3 Å². The second kappa shape index (κ2) is 18.2. The first kappa shape index (κ1) is 39.8. The van der Waals surface area contributed by atoms with Gasteiger partial charge in [0.25, 0.3) is 5.91 Å². The molecule has 12 heteroatoms. The van der Waals surface area contributed by atoms with Crippen molar-refractivity contribution in [3.8, 4) is 17.2 Å². The number of furan rings is 1. The number of Topliss-reactive ketones (excluding diaryl/α,β-unsaturated/α-hetero) is 1. The molecule has 0 saturated carbocycles. The Balaban J connectivity index is 0.999. The van der Waals surface area contributed by atoms with E-state index in [0.717, 1.165) is 62.1 Å². The van der Waals surface area contributed by atoms with Crippen molar-refractivity contribution in [3.63, 3.8) is 0 Å². The third kappa shape index (κ3) is 8.92. The fraction of sp³-hybridized carbons (Fsp3) is 0.422. The largest absolute Gasteiger partial charge is 0.493 e. The maximum absolute atomic E-state index is 14.1. The standard InChI is InChI=1S/C45H52N4O8/c1-4-11-40(50)57-42-38(53-2)28-33(29-39(42)54-3)44(52)48-24-20-45(31-48,34-12-6-5-7-13-34)19-23-47-21-17-32(18-22-47)41(51)43-46-36-15-8-9-16-37(36)49(43)25-27-55-30-35-14-10-26-56-35/h5-10,12-16,26,28-29,32H,4,11,17-25,27,30-31H2,1-3H3. The number of rotatable bonds is 17. The van der Waals surface area contributed by atoms with Gasteiger partial charge in [-0.25, -0.2) is 4.98 Å². The molecule has 1 amide bonds. The van der Waals surface area contributed by atoms with Gasteiger partial charge in [-0.15, -0.1) is 0 Å². The number of nitrogens with zero attached hydrogens (tertiary/aromatic N) is 4. The molecular weight excluding hydrogens is 725 g/mol. The van der Waals surface area contributed by atoms with Crippen molar-refractivity contribution in [2.45, 2.75) is 64.0 Å². The summed E-state index contributed by atoms with van der Waals surface area (Å²) >= 11 is 0. The summed E-state index contributed by atoms with van der Waals surface area (Å²) in [6, 6.07) is 25.3. The molecule has 300 valence electrons. The Morgan fingerprint density at radius 3 is 2.33 bits per heavy atom. The number of aromatic nitrogens is 2. The van der Waals surface area contributed by atoms with E-state index < -0.39 is 5.97 Å². The molecule has 5 aromatic rings. The highest BCUT2D eigenvalue weighted by atomic mass is 16.6. The number of esters is 1. The lowest BCUT2D eigenvalue weighted by Crippen LogP contribution is -2.41. The van der Waals surface area contributed by atoms with Crippen molar-refractivity contribution in [1.82, 2.24) is 19.4 Å². The monoisotopic (exact) mass is 776 g/mol. The summed E-state index contributed by atoms with van der Waals surface area (Å²) in [6.07, 6.45) is 5.73. The zero-order valence-corrected chi connectivity index (χ0v) is 33.1. The van der Waals surface area contributed by atoms with E-state index in [2.05, 4.69) is 29.2 Å². The summed E-state index contributed by atoms with van der Waals surface area (Å²) < 4.78 is 30.0. The number of methoxy groups -OCH3 is 2. The average molecular weight is 777 g/mol. The van der Waals surface area contributed by atoms with Gasteiger partial charge >= 0.3 is 5.97 Å². The number of hydrogen-bond donors (Lipinski definition) is 0. The topological polar surface area (TPSA) is 126 Å². The maximum Gasteiger partial charge on any atom is 0.311 e. The van der Waals surface area contributed by atoms with Crippen LogP contribution in [0, 0.1) is 5.92 Å². The first-order valence-electron chi connectivity index (χ1n) is 20.0. The Bertz CT molecular complexity index is 2120. The van der Waals surface area contributed by atoms with Crippen LogP contribution in [0.3, 0.4) is 0 Å². The summed E-state index contributed by atoms with van der Waals surface area (Å²) in [5, 5.41) is 0. The molecule has 0 spiro atoms.